The number of carbonyl (C=O) groups excluding carboxylic acids is 2. The van der Waals surface area contributed by atoms with Gasteiger partial charge < -0.3 is 20.3 Å². The Labute approximate surface area is 182 Å². The van der Waals surface area contributed by atoms with Crippen LogP contribution in [0.15, 0.2) is 91.5 Å². The van der Waals surface area contributed by atoms with Crippen LogP contribution in [0.2, 0.25) is 0 Å². The van der Waals surface area contributed by atoms with Gasteiger partial charge in [0.1, 0.15) is 12.4 Å². The summed E-state index contributed by atoms with van der Waals surface area (Å²) in [7, 11) is 1.72. The van der Waals surface area contributed by atoms with E-state index in [4.69, 9.17) is 4.74 Å². The summed E-state index contributed by atoms with van der Waals surface area (Å²) in [6, 6.07) is 23.7. The molecule has 0 unspecified atom stereocenters. The van der Waals surface area contributed by atoms with Crippen LogP contribution in [-0.2, 0) is 4.79 Å². The van der Waals surface area contributed by atoms with Gasteiger partial charge in [-0.2, -0.15) is 0 Å². The molecule has 0 aliphatic heterocycles. The second kappa shape index (κ2) is 10.6. The Bertz CT molecular complexity index is 1050. The third-order valence-electron chi connectivity index (χ3n) is 4.52. The molecule has 0 heterocycles. The predicted octanol–water partition coefficient (Wildman–Crippen LogP) is 4.58. The van der Waals surface area contributed by atoms with E-state index in [2.05, 4.69) is 17.2 Å². The third kappa shape index (κ3) is 5.96. The van der Waals surface area contributed by atoms with E-state index < -0.39 is 0 Å². The SMILES string of the molecule is C=CCOc1ccccc1NCC(=O)Nc1cccc(C(=O)N(C)c2ccccc2)c1. The number of ether oxygens (including phenoxy) is 1. The lowest BCUT2D eigenvalue weighted by atomic mass is 10.1. The van der Waals surface area contributed by atoms with Gasteiger partial charge in [-0.15, -0.1) is 0 Å². The molecule has 0 atom stereocenters. The van der Waals surface area contributed by atoms with Gasteiger partial charge in [-0.05, 0) is 42.5 Å². The molecular weight excluding hydrogens is 390 g/mol. The Morgan fingerprint density at radius 2 is 1.74 bits per heavy atom. The van der Waals surface area contributed by atoms with Crippen molar-refractivity contribution in [3.05, 3.63) is 97.1 Å². The van der Waals surface area contributed by atoms with Gasteiger partial charge in [0.2, 0.25) is 5.91 Å². The molecule has 2 N–H and O–H groups in total. The molecular formula is C25H25N3O3. The summed E-state index contributed by atoms with van der Waals surface area (Å²) in [6.45, 7) is 4.07. The van der Waals surface area contributed by atoms with E-state index in [1.54, 1.807) is 42.3 Å². The maximum Gasteiger partial charge on any atom is 0.258 e. The van der Waals surface area contributed by atoms with Gasteiger partial charge >= 0.3 is 0 Å². The van der Waals surface area contributed by atoms with Crippen LogP contribution in [0, 0.1) is 0 Å². The number of amides is 2. The van der Waals surface area contributed by atoms with Crippen LogP contribution in [0.25, 0.3) is 0 Å². The molecule has 0 aromatic heterocycles. The third-order valence-corrected chi connectivity index (χ3v) is 4.52. The van der Waals surface area contributed by atoms with Gasteiger partial charge in [-0.1, -0.05) is 49.1 Å². The van der Waals surface area contributed by atoms with Crippen molar-refractivity contribution >= 4 is 28.9 Å². The first-order valence-corrected chi connectivity index (χ1v) is 9.88. The average Bonchev–Trinajstić information content (AvgIpc) is 2.81. The fourth-order valence-electron chi connectivity index (χ4n) is 2.96. The van der Waals surface area contributed by atoms with Crippen molar-refractivity contribution in [3.8, 4) is 5.75 Å². The molecule has 158 valence electrons. The van der Waals surface area contributed by atoms with Crippen molar-refractivity contribution < 1.29 is 14.3 Å². The number of para-hydroxylation sites is 3. The summed E-state index contributed by atoms with van der Waals surface area (Å²) in [5.41, 5.74) is 2.55. The van der Waals surface area contributed by atoms with Crippen LogP contribution in [-0.4, -0.2) is 32.0 Å². The molecule has 6 nitrogen and oxygen atoms in total. The number of nitrogens with one attached hydrogen (secondary N) is 2. The highest BCUT2D eigenvalue weighted by Gasteiger charge is 2.14. The van der Waals surface area contributed by atoms with E-state index in [0.29, 0.717) is 29.3 Å². The average molecular weight is 415 g/mol. The summed E-state index contributed by atoms with van der Waals surface area (Å²) in [5, 5.41) is 5.89. The normalized spacial score (nSPS) is 10.1. The highest BCUT2D eigenvalue weighted by Crippen LogP contribution is 2.23. The highest BCUT2D eigenvalue weighted by atomic mass is 16.5. The zero-order valence-corrected chi connectivity index (χ0v) is 17.4. The summed E-state index contributed by atoms with van der Waals surface area (Å²) in [4.78, 5) is 26.8. The highest BCUT2D eigenvalue weighted by molar-refractivity contribution is 6.06. The Balaban J connectivity index is 1.61. The number of hydrogen-bond donors (Lipinski definition) is 2. The molecule has 3 aromatic rings. The molecule has 3 aromatic carbocycles. The molecule has 0 radical (unpaired) electrons. The number of hydrogen-bond acceptors (Lipinski definition) is 4. The largest absolute Gasteiger partial charge is 0.487 e. The molecule has 3 rings (SSSR count). The first-order valence-electron chi connectivity index (χ1n) is 9.88. The molecule has 2 amide bonds. The fourth-order valence-corrected chi connectivity index (χ4v) is 2.96. The summed E-state index contributed by atoms with van der Waals surface area (Å²) >= 11 is 0. The van der Waals surface area contributed by atoms with Crippen LogP contribution < -0.4 is 20.3 Å². The smallest absolute Gasteiger partial charge is 0.258 e. The van der Waals surface area contributed by atoms with Crippen LogP contribution in [0.1, 0.15) is 10.4 Å². The monoisotopic (exact) mass is 415 g/mol. The molecule has 0 saturated heterocycles. The van der Waals surface area contributed by atoms with Gasteiger partial charge in [-0.3, -0.25) is 9.59 Å². The quantitative estimate of drug-likeness (QED) is 0.502. The second-order valence-electron chi connectivity index (χ2n) is 6.78. The Kier molecular flexibility index (Phi) is 7.43. The Morgan fingerprint density at radius 3 is 2.52 bits per heavy atom. The molecule has 0 aliphatic rings. The van der Waals surface area contributed by atoms with Gasteiger partial charge in [0.15, 0.2) is 0 Å². The Morgan fingerprint density at radius 1 is 1.00 bits per heavy atom. The van der Waals surface area contributed by atoms with Crippen molar-refractivity contribution in [2.45, 2.75) is 0 Å². The minimum atomic E-state index is -0.237. The van der Waals surface area contributed by atoms with E-state index in [1.807, 2.05) is 54.6 Å². The van der Waals surface area contributed by atoms with Crippen molar-refractivity contribution in [1.82, 2.24) is 0 Å². The van der Waals surface area contributed by atoms with Crippen molar-refractivity contribution in [2.24, 2.45) is 0 Å². The summed E-state index contributed by atoms with van der Waals surface area (Å²) in [6.07, 6.45) is 1.66. The van der Waals surface area contributed by atoms with E-state index >= 15 is 0 Å². The molecule has 0 fully saturated rings. The lowest BCUT2D eigenvalue weighted by molar-refractivity contribution is -0.114. The zero-order valence-electron chi connectivity index (χ0n) is 17.4. The van der Waals surface area contributed by atoms with E-state index in [0.717, 1.165) is 5.69 Å². The van der Waals surface area contributed by atoms with E-state index in [9.17, 15) is 9.59 Å². The van der Waals surface area contributed by atoms with Gasteiger partial charge in [0, 0.05) is 24.0 Å². The lowest BCUT2D eigenvalue weighted by Gasteiger charge is -2.18. The number of benzene rings is 3. The number of rotatable bonds is 9. The second-order valence-corrected chi connectivity index (χ2v) is 6.78. The molecule has 0 saturated carbocycles. The van der Waals surface area contributed by atoms with Crippen LogP contribution in [0.5, 0.6) is 5.75 Å². The topological polar surface area (TPSA) is 70.7 Å². The van der Waals surface area contributed by atoms with Crippen LogP contribution in [0.4, 0.5) is 17.1 Å². The first-order chi connectivity index (χ1) is 15.1. The van der Waals surface area contributed by atoms with Crippen LogP contribution >= 0.6 is 0 Å². The van der Waals surface area contributed by atoms with E-state index in [-0.39, 0.29) is 18.4 Å². The molecule has 0 bridgehead atoms. The van der Waals surface area contributed by atoms with Crippen molar-refractivity contribution in [1.29, 1.82) is 0 Å². The van der Waals surface area contributed by atoms with E-state index in [1.165, 1.54) is 0 Å². The van der Waals surface area contributed by atoms with Gasteiger partial charge in [-0.25, -0.2) is 0 Å². The standard InChI is InChI=1S/C25H25N3O3/c1-3-16-31-23-15-8-7-14-22(23)26-18-24(29)27-20-11-9-10-19(17-20)25(30)28(2)21-12-5-4-6-13-21/h3-15,17,26H,1,16,18H2,2H3,(H,27,29). The maximum atomic E-state index is 12.8. The lowest BCUT2D eigenvalue weighted by Crippen LogP contribution is -2.26. The van der Waals surface area contributed by atoms with Gasteiger partial charge in [0.05, 0.1) is 12.2 Å². The van der Waals surface area contributed by atoms with Crippen LogP contribution in [0.3, 0.4) is 0 Å². The summed E-state index contributed by atoms with van der Waals surface area (Å²) < 4.78 is 5.58. The minimum absolute atomic E-state index is 0.0521. The molecule has 31 heavy (non-hydrogen) atoms. The number of anilines is 3. The number of nitrogens with zero attached hydrogens (tertiary/aromatic N) is 1. The molecule has 0 aliphatic carbocycles. The molecule has 0 spiro atoms. The molecule has 6 heteroatoms. The minimum Gasteiger partial charge on any atom is -0.487 e. The Hall–Kier alpha value is -4.06. The first kappa shape index (κ1) is 21.6. The predicted molar refractivity (Wildman–Crippen MR) is 125 cm³/mol. The zero-order chi connectivity index (χ0) is 22.1. The van der Waals surface area contributed by atoms with Crippen molar-refractivity contribution in [3.63, 3.8) is 0 Å². The fraction of sp³-hybridized carbons (Fsp3) is 0.120. The maximum absolute atomic E-state index is 12.8. The summed E-state index contributed by atoms with van der Waals surface area (Å²) in [5.74, 6) is 0.250. The number of carbonyl (C=O) groups is 2. The van der Waals surface area contributed by atoms with Crippen molar-refractivity contribution in [2.75, 3.05) is 35.7 Å². The van der Waals surface area contributed by atoms with Gasteiger partial charge in [0.25, 0.3) is 5.91 Å².